The summed E-state index contributed by atoms with van der Waals surface area (Å²) in [5, 5.41) is 3.09. The van der Waals surface area contributed by atoms with Crippen molar-refractivity contribution in [3.8, 4) is 0 Å². The Morgan fingerprint density at radius 2 is 1.52 bits per heavy atom. The number of carbonyl (C=O) groups excluding carboxylic acids is 1. The van der Waals surface area contributed by atoms with E-state index in [2.05, 4.69) is 34.6 Å². The zero-order chi connectivity index (χ0) is 17.3. The fourth-order valence-electron chi connectivity index (χ4n) is 2.91. The fraction of sp³-hybridized carbons (Fsp3) is 0.182. The molecule has 2 aromatic carbocycles. The van der Waals surface area contributed by atoms with Crippen molar-refractivity contribution in [1.82, 2.24) is 10.3 Å². The van der Waals surface area contributed by atoms with Crippen LogP contribution in [-0.2, 0) is 11.2 Å². The van der Waals surface area contributed by atoms with Crippen molar-refractivity contribution < 1.29 is 4.79 Å². The van der Waals surface area contributed by atoms with Crippen molar-refractivity contribution in [3.05, 3.63) is 102 Å². The molecule has 0 radical (unpaired) electrons. The first kappa shape index (κ1) is 16.9. The van der Waals surface area contributed by atoms with E-state index >= 15 is 0 Å². The van der Waals surface area contributed by atoms with E-state index in [-0.39, 0.29) is 11.8 Å². The molecule has 0 atom stereocenters. The lowest BCUT2D eigenvalue weighted by Crippen LogP contribution is -2.29. The van der Waals surface area contributed by atoms with E-state index < -0.39 is 0 Å². The molecule has 0 spiro atoms. The molecule has 0 bridgehead atoms. The van der Waals surface area contributed by atoms with Gasteiger partial charge in [-0.3, -0.25) is 9.78 Å². The summed E-state index contributed by atoms with van der Waals surface area (Å²) in [4.78, 5) is 16.3. The van der Waals surface area contributed by atoms with Crippen LogP contribution in [0.2, 0.25) is 0 Å². The summed E-state index contributed by atoms with van der Waals surface area (Å²) in [6.45, 7) is 0.597. The summed E-state index contributed by atoms with van der Waals surface area (Å²) in [7, 11) is 0. The van der Waals surface area contributed by atoms with Gasteiger partial charge in [0.15, 0.2) is 0 Å². The molecule has 1 heterocycles. The minimum atomic E-state index is 0.0701. The highest BCUT2D eigenvalue weighted by atomic mass is 16.1. The Bertz CT molecular complexity index is 733. The van der Waals surface area contributed by atoms with E-state index in [9.17, 15) is 4.79 Å². The molecule has 0 fully saturated rings. The molecule has 0 saturated carbocycles. The van der Waals surface area contributed by atoms with Gasteiger partial charge >= 0.3 is 0 Å². The van der Waals surface area contributed by atoms with Gasteiger partial charge in [-0.1, -0.05) is 66.7 Å². The molecule has 0 aliphatic heterocycles. The summed E-state index contributed by atoms with van der Waals surface area (Å²) in [6.07, 6.45) is 4.74. The van der Waals surface area contributed by atoms with Gasteiger partial charge in [-0.25, -0.2) is 0 Å². The maximum Gasteiger partial charge on any atom is 0.220 e. The first-order chi connectivity index (χ1) is 12.3. The van der Waals surface area contributed by atoms with Crippen LogP contribution in [0.3, 0.4) is 0 Å². The number of nitrogens with zero attached hydrogens (tertiary/aromatic N) is 1. The van der Waals surface area contributed by atoms with Crippen LogP contribution in [0.1, 0.15) is 29.0 Å². The molecule has 3 aromatic rings. The van der Waals surface area contributed by atoms with Gasteiger partial charge in [-0.15, -0.1) is 0 Å². The van der Waals surface area contributed by atoms with E-state index in [4.69, 9.17) is 0 Å². The number of pyridine rings is 1. The summed E-state index contributed by atoms with van der Waals surface area (Å²) >= 11 is 0. The minimum absolute atomic E-state index is 0.0701. The van der Waals surface area contributed by atoms with Gasteiger partial charge in [0, 0.05) is 31.3 Å². The number of rotatable bonds is 7. The van der Waals surface area contributed by atoms with E-state index in [1.807, 2.05) is 54.7 Å². The highest BCUT2D eigenvalue weighted by molar-refractivity contribution is 5.76. The topological polar surface area (TPSA) is 42.0 Å². The van der Waals surface area contributed by atoms with Crippen LogP contribution in [0.15, 0.2) is 85.2 Å². The molecule has 3 rings (SSSR count). The molecule has 0 aliphatic rings. The molecule has 0 aliphatic carbocycles. The van der Waals surface area contributed by atoms with Crippen molar-refractivity contribution in [2.75, 3.05) is 6.54 Å². The monoisotopic (exact) mass is 330 g/mol. The highest BCUT2D eigenvalue weighted by Gasteiger charge is 2.15. The van der Waals surface area contributed by atoms with E-state index in [0.717, 1.165) is 5.56 Å². The number of nitrogens with one attached hydrogen (secondary N) is 1. The molecule has 126 valence electrons. The van der Waals surface area contributed by atoms with Crippen molar-refractivity contribution in [3.63, 3.8) is 0 Å². The Morgan fingerprint density at radius 1 is 0.880 bits per heavy atom. The van der Waals surface area contributed by atoms with Gasteiger partial charge in [0.2, 0.25) is 5.91 Å². The number of hydrogen-bond acceptors (Lipinski definition) is 2. The highest BCUT2D eigenvalue weighted by Crippen LogP contribution is 2.23. The summed E-state index contributed by atoms with van der Waals surface area (Å²) < 4.78 is 0. The Kier molecular flexibility index (Phi) is 5.94. The largest absolute Gasteiger partial charge is 0.355 e. The number of carbonyl (C=O) groups is 1. The maximum absolute atomic E-state index is 12.3. The summed E-state index contributed by atoms with van der Waals surface area (Å²) in [5.74, 6) is 0.227. The minimum Gasteiger partial charge on any atom is -0.355 e. The number of hydrogen-bond donors (Lipinski definition) is 1. The van der Waals surface area contributed by atoms with Crippen LogP contribution in [0.5, 0.6) is 0 Å². The van der Waals surface area contributed by atoms with Crippen molar-refractivity contribution in [1.29, 1.82) is 0 Å². The molecule has 1 amide bonds. The second kappa shape index (κ2) is 8.78. The molecule has 1 aromatic heterocycles. The predicted octanol–water partition coefficient (Wildman–Crippen LogP) is 3.96. The molecule has 3 heteroatoms. The van der Waals surface area contributed by atoms with Gasteiger partial charge in [0.25, 0.3) is 0 Å². The lowest BCUT2D eigenvalue weighted by atomic mass is 9.91. The van der Waals surface area contributed by atoms with Crippen molar-refractivity contribution >= 4 is 5.91 Å². The van der Waals surface area contributed by atoms with Crippen LogP contribution < -0.4 is 5.32 Å². The lowest BCUT2D eigenvalue weighted by Gasteiger charge is -2.19. The maximum atomic E-state index is 12.3. The Balaban J connectivity index is 1.62. The van der Waals surface area contributed by atoms with Gasteiger partial charge in [-0.2, -0.15) is 0 Å². The Labute approximate surface area is 148 Å². The third kappa shape index (κ3) is 5.01. The van der Waals surface area contributed by atoms with Crippen molar-refractivity contribution in [2.24, 2.45) is 0 Å². The molecule has 3 nitrogen and oxygen atoms in total. The number of aromatic nitrogens is 1. The van der Waals surface area contributed by atoms with Gasteiger partial charge in [-0.05, 0) is 29.2 Å². The van der Waals surface area contributed by atoms with Crippen LogP contribution in [0.25, 0.3) is 0 Å². The Morgan fingerprint density at radius 3 is 2.08 bits per heavy atom. The number of aryl methyl sites for hydroxylation is 1. The van der Waals surface area contributed by atoms with Crippen LogP contribution >= 0.6 is 0 Å². The fourth-order valence-corrected chi connectivity index (χ4v) is 2.91. The quantitative estimate of drug-likeness (QED) is 0.712. The molecule has 0 unspecified atom stereocenters. The molecule has 25 heavy (non-hydrogen) atoms. The first-order valence-electron chi connectivity index (χ1n) is 8.58. The molecular formula is C22H22N2O. The van der Waals surface area contributed by atoms with E-state index in [1.54, 1.807) is 6.20 Å². The van der Waals surface area contributed by atoms with Crippen LogP contribution in [-0.4, -0.2) is 17.4 Å². The SMILES string of the molecule is O=C(CCc1cccnc1)NCC(c1ccccc1)c1ccccc1. The Hall–Kier alpha value is -2.94. The number of benzene rings is 2. The molecule has 1 N–H and O–H groups in total. The van der Waals surface area contributed by atoms with Crippen LogP contribution in [0, 0.1) is 0 Å². The van der Waals surface area contributed by atoms with E-state index in [0.29, 0.717) is 19.4 Å². The predicted molar refractivity (Wildman–Crippen MR) is 100 cm³/mol. The zero-order valence-corrected chi connectivity index (χ0v) is 14.1. The normalized spacial score (nSPS) is 10.6. The third-order valence-corrected chi connectivity index (χ3v) is 4.27. The molecular weight excluding hydrogens is 308 g/mol. The smallest absolute Gasteiger partial charge is 0.220 e. The average Bonchev–Trinajstić information content (AvgIpc) is 2.69. The first-order valence-corrected chi connectivity index (χ1v) is 8.58. The summed E-state index contributed by atoms with van der Waals surface area (Å²) in [6, 6.07) is 24.5. The average molecular weight is 330 g/mol. The number of amides is 1. The van der Waals surface area contributed by atoms with Gasteiger partial charge < -0.3 is 5.32 Å². The lowest BCUT2D eigenvalue weighted by molar-refractivity contribution is -0.121. The summed E-state index contributed by atoms with van der Waals surface area (Å²) in [5.41, 5.74) is 3.50. The van der Waals surface area contributed by atoms with Crippen LogP contribution in [0.4, 0.5) is 0 Å². The van der Waals surface area contributed by atoms with Crippen molar-refractivity contribution in [2.45, 2.75) is 18.8 Å². The van der Waals surface area contributed by atoms with Gasteiger partial charge in [0.1, 0.15) is 0 Å². The zero-order valence-electron chi connectivity index (χ0n) is 14.1. The molecule has 0 saturated heterocycles. The third-order valence-electron chi connectivity index (χ3n) is 4.27. The second-order valence-corrected chi connectivity index (χ2v) is 6.04. The van der Waals surface area contributed by atoms with Gasteiger partial charge in [0.05, 0.1) is 0 Å². The standard InChI is InChI=1S/C22H22N2O/c25-22(14-13-18-8-7-15-23-16-18)24-17-21(19-9-3-1-4-10-19)20-11-5-2-6-12-20/h1-12,15-16,21H,13-14,17H2,(H,24,25). The van der Waals surface area contributed by atoms with E-state index in [1.165, 1.54) is 11.1 Å². The second-order valence-electron chi connectivity index (χ2n) is 6.04.